The lowest BCUT2D eigenvalue weighted by atomic mass is 9.93. The summed E-state index contributed by atoms with van der Waals surface area (Å²) in [7, 11) is 0. The van der Waals surface area contributed by atoms with Gasteiger partial charge in [-0.1, -0.05) is 36.4 Å². The lowest BCUT2D eigenvalue weighted by molar-refractivity contribution is -0.00203. The number of benzene rings is 3. The molecule has 7 rings (SSSR count). The summed E-state index contributed by atoms with van der Waals surface area (Å²) < 4.78 is 0. The minimum Gasteiger partial charge on any atom is -0.390 e. The van der Waals surface area contributed by atoms with Gasteiger partial charge in [0.25, 0.3) is 11.8 Å². The van der Waals surface area contributed by atoms with E-state index in [1.54, 1.807) is 11.2 Å². The van der Waals surface area contributed by atoms with E-state index in [2.05, 4.69) is 32.4 Å². The van der Waals surface area contributed by atoms with Crippen LogP contribution in [0.15, 0.2) is 79.1 Å². The van der Waals surface area contributed by atoms with Crippen LogP contribution < -0.4 is 5.32 Å². The summed E-state index contributed by atoms with van der Waals surface area (Å²) in [5, 5.41) is 14.2. The molecule has 1 aliphatic heterocycles. The molecule has 0 spiro atoms. The third kappa shape index (κ3) is 5.49. The minimum absolute atomic E-state index is 0.0189. The Morgan fingerprint density at radius 1 is 0.955 bits per heavy atom. The molecule has 2 fully saturated rings. The van der Waals surface area contributed by atoms with Crippen LogP contribution in [0.5, 0.6) is 0 Å². The highest BCUT2D eigenvalue weighted by atomic mass is 16.3. The van der Waals surface area contributed by atoms with Gasteiger partial charge in [0.1, 0.15) is 12.0 Å². The van der Waals surface area contributed by atoms with Gasteiger partial charge in [-0.05, 0) is 98.5 Å². The summed E-state index contributed by atoms with van der Waals surface area (Å²) in [6.45, 7) is 4.91. The van der Waals surface area contributed by atoms with Crippen molar-refractivity contribution in [3.8, 4) is 22.5 Å². The van der Waals surface area contributed by atoms with Crippen LogP contribution in [0.2, 0.25) is 0 Å². The first-order valence-electron chi connectivity index (χ1n) is 15.2. The maximum atomic E-state index is 13.1. The Kier molecular flexibility index (Phi) is 7.01. The highest BCUT2D eigenvalue weighted by molar-refractivity contribution is 6.05. The van der Waals surface area contributed by atoms with Crippen molar-refractivity contribution in [3.05, 3.63) is 101 Å². The largest absolute Gasteiger partial charge is 0.390 e. The normalized spacial score (nSPS) is 16.2. The predicted octanol–water partition coefficient (Wildman–Crippen LogP) is 6.72. The molecule has 8 heteroatoms. The number of amides is 2. The van der Waals surface area contributed by atoms with Gasteiger partial charge in [0.05, 0.1) is 11.3 Å². The number of rotatable bonds is 6. The molecule has 2 aromatic heterocycles. The molecule has 1 saturated carbocycles. The quantitative estimate of drug-likeness (QED) is 0.205. The van der Waals surface area contributed by atoms with Gasteiger partial charge < -0.3 is 20.3 Å². The van der Waals surface area contributed by atoms with E-state index in [-0.39, 0.29) is 11.8 Å². The third-order valence-electron chi connectivity index (χ3n) is 9.06. The average Bonchev–Trinajstić information content (AvgIpc) is 3.79. The molecule has 3 heterocycles. The maximum absolute atomic E-state index is 13.1. The first kappa shape index (κ1) is 28.0. The summed E-state index contributed by atoms with van der Waals surface area (Å²) in [6, 6.07) is 23.3. The number of H-pyrrole nitrogens is 1. The molecule has 0 bridgehead atoms. The number of aromatic amines is 1. The molecule has 222 valence electrons. The molecule has 1 saturated heterocycles. The Bertz CT molecular complexity index is 1860. The van der Waals surface area contributed by atoms with Crippen LogP contribution >= 0.6 is 0 Å². The smallest absolute Gasteiger partial charge is 0.255 e. The van der Waals surface area contributed by atoms with E-state index in [0.717, 1.165) is 39.2 Å². The zero-order chi connectivity index (χ0) is 30.4. The Balaban J connectivity index is 1.12. The molecule has 0 atom stereocenters. The number of hydrogen-bond donors (Lipinski definition) is 3. The van der Waals surface area contributed by atoms with Crippen LogP contribution in [0.1, 0.15) is 70.4 Å². The van der Waals surface area contributed by atoms with Gasteiger partial charge >= 0.3 is 0 Å². The number of likely N-dealkylation sites (tertiary alicyclic amines) is 1. The number of fused-ring (bicyclic) bond motifs is 1. The van der Waals surface area contributed by atoms with Crippen LogP contribution in [0.3, 0.4) is 0 Å². The minimum atomic E-state index is -0.701. The first-order valence-corrected chi connectivity index (χ1v) is 15.2. The van der Waals surface area contributed by atoms with E-state index in [0.29, 0.717) is 48.6 Å². The van der Waals surface area contributed by atoms with Crippen LogP contribution in [-0.2, 0) is 0 Å². The number of nitrogens with zero attached hydrogens (tertiary/aromatic N) is 3. The highest BCUT2D eigenvalue weighted by Gasteiger charge is 2.30. The van der Waals surface area contributed by atoms with E-state index >= 15 is 0 Å². The molecule has 3 N–H and O–H groups in total. The summed E-state index contributed by atoms with van der Waals surface area (Å²) >= 11 is 0. The average molecular weight is 586 g/mol. The highest BCUT2D eigenvalue weighted by Crippen LogP contribution is 2.40. The van der Waals surface area contributed by atoms with Crippen LogP contribution in [-0.4, -0.2) is 55.5 Å². The molecule has 44 heavy (non-hydrogen) atoms. The third-order valence-corrected chi connectivity index (χ3v) is 9.06. The predicted molar refractivity (Wildman–Crippen MR) is 172 cm³/mol. The molecule has 0 radical (unpaired) electrons. The zero-order valence-electron chi connectivity index (χ0n) is 24.9. The van der Waals surface area contributed by atoms with Gasteiger partial charge in [-0.2, -0.15) is 0 Å². The Morgan fingerprint density at radius 3 is 2.36 bits per heavy atom. The topological polar surface area (TPSA) is 111 Å². The van der Waals surface area contributed by atoms with Crippen molar-refractivity contribution in [2.75, 3.05) is 18.4 Å². The second-order valence-electron chi connectivity index (χ2n) is 12.4. The van der Waals surface area contributed by atoms with Crippen molar-refractivity contribution >= 4 is 28.5 Å². The van der Waals surface area contributed by atoms with E-state index in [1.165, 1.54) is 18.4 Å². The Labute approximate surface area is 256 Å². The van der Waals surface area contributed by atoms with Gasteiger partial charge in [0.2, 0.25) is 0 Å². The number of hydrogen-bond acceptors (Lipinski definition) is 5. The van der Waals surface area contributed by atoms with Gasteiger partial charge in [0, 0.05) is 46.5 Å². The second-order valence-corrected chi connectivity index (χ2v) is 12.4. The molecule has 2 amide bonds. The molecule has 8 nitrogen and oxygen atoms in total. The first-order chi connectivity index (χ1) is 21.3. The van der Waals surface area contributed by atoms with E-state index in [4.69, 9.17) is 0 Å². The summed E-state index contributed by atoms with van der Waals surface area (Å²) in [6.07, 6.45) is 5.17. The zero-order valence-corrected chi connectivity index (χ0v) is 24.9. The monoisotopic (exact) mass is 585 g/mol. The van der Waals surface area contributed by atoms with Crippen molar-refractivity contribution in [1.29, 1.82) is 0 Å². The summed E-state index contributed by atoms with van der Waals surface area (Å²) in [5.41, 5.74) is 7.69. The summed E-state index contributed by atoms with van der Waals surface area (Å²) in [4.78, 5) is 40.5. The SMILES string of the molecule is Cc1c(NC(=O)c2ccc(C3CC3)cc2)cccc1-c1ncnc2[nH]c(-c3ccc(C(=O)N4CCC(C)(O)CC4)cc3)cc12. The van der Waals surface area contributed by atoms with Crippen molar-refractivity contribution in [2.45, 2.75) is 51.0 Å². The van der Waals surface area contributed by atoms with Crippen LogP contribution in [0.25, 0.3) is 33.5 Å². The van der Waals surface area contributed by atoms with Crippen molar-refractivity contribution < 1.29 is 14.7 Å². The fraction of sp³-hybridized carbons (Fsp3) is 0.278. The number of carbonyl (C=O) groups excluding carboxylic acids is 2. The summed E-state index contributed by atoms with van der Waals surface area (Å²) in [5.74, 6) is 0.492. The van der Waals surface area contributed by atoms with Gasteiger partial charge in [0.15, 0.2) is 0 Å². The molecule has 3 aromatic carbocycles. The lowest BCUT2D eigenvalue weighted by Crippen LogP contribution is -2.45. The number of aromatic nitrogens is 3. The molecule has 5 aromatic rings. The lowest BCUT2D eigenvalue weighted by Gasteiger charge is -2.35. The molecular formula is C36H35N5O3. The number of anilines is 1. The van der Waals surface area contributed by atoms with Crippen LogP contribution in [0, 0.1) is 6.92 Å². The van der Waals surface area contributed by atoms with Gasteiger partial charge in [-0.3, -0.25) is 9.59 Å². The Hall–Kier alpha value is -4.82. The Morgan fingerprint density at radius 2 is 1.66 bits per heavy atom. The van der Waals surface area contributed by atoms with Crippen molar-refractivity contribution in [1.82, 2.24) is 19.9 Å². The maximum Gasteiger partial charge on any atom is 0.255 e. The second kappa shape index (κ2) is 11.0. The van der Waals surface area contributed by atoms with Crippen LogP contribution in [0.4, 0.5) is 5.69 Å². The van der Waals surface area contributed by atoms with E-state index in [1.807, 2.05) is 74.5 Å². The van der Waals surface area contributed by atoms with Gasteiger partial charge in [-0.25, -0.2) is 9.97 Å². The molecule has 0 unspecified atom stereocenters. The molecular weight excluding hydrogens is 550 g/mol. The number of nitrogens with one attached hydrogen (secondary N) is 2. The standard InChI is InChI=1S/C36H35N5O3/c1-22-28(4-3-5-30(22)40-34(42)26-12-8-24(9-13-26)23-6-7-23)32-29-20-31(39-33(29)38-21-37-32)25-10-14-27(15-11-25)35(43)41-18-16-36(2,44)17-19-41/h3-5,8-15,20-21,23,44H,6-7,16-19H2,1-2H3,(H,40,42)(H,37,38,39). The van der Waals surface area contributed by atoms with Crippen molar-refractivity contribution in [3.63, 3.8) is 0 Å². The fourth-order valence-corrected chi connectivity index (χ4v) is 6.02. The number of piperidine rings is 1. The van der Waals surface area contributed by atoms with Crippen molar-refractivity contribution in [2.24, 2.45) is 0 Å². The fourth-order valence-electron chi connectivity index (χ4n) is 6.02. The van der Waals surface area contributed by atoms with E-state index < -0.39 is 5.60 Å². The van der Waals surface area contributed by atoms with Gasteiger partial charge in [-0.15, -0.1) is 0 Å². The van der Waals surface area contributed by atoms with E-state index in [9.17, 15) is 14.7 Å². The molecule has 1 aliphatic carbocycles. The number of aliphatic hydroxyl groups is 1. The molecule has 2 aliphatic rings. The number of carbonyl (C=O) groups is 2.